The number of aromatic nitrogens is 4. The number of imidazole rings is 1. The summed E-state index contributed by atoms with van der Waals surface area (Å²) in [5.74, 6) is 0.880. The van der Waals surface area contributed by atoms with Gasteiger partial charge in [-0.15, -0.1) is 0 Å². The van der Waals surface area contributed by atoms with Gasteiger partial charge in [-0.25, -0.2) is 18.7 Å². The molecule has 2 aromatic carbocycles. The summed E-state index contributed by atoms with van der Waals surface area (Å²) >= 11 is 6.46. The number of methoxy groups -OCH3 is 2. The Morgan fingerprint density at radius 2 is 1.90 bits per heavy atom. The molecule has 8 nitrogen and oxygen atoms in total. The second-order valence-corrected chi connectivity index (χ2v) is 6.99. The van der Waals surface area contributed by atoms with Crippen LogP contribution in [0.5, 0.6) is 17.4 Å². The van der Waals surface area contributed by atoms with E-state index in [2.05, 4.69) is 15.0 Å². The number of benzene rings is 2. The third-order valence-electron chi connectivity index (χ3n) is 4.62. The number of fused-ring (bicyclic) bond motifs is 1. The van der Waals surface area contributed by atoms with Crippen molar-refractivity contribution in [3.8, 4) is 23.1 Å². The average Bonchev–Trinajstić information content (AvgIpc) is 3.08. The zero-order chi connectivity index (χ0) is 22.1. The molecular weight excluding hydrogens is 427 g/mol. The topological polar surface area (TPSA) is 91.3 Å². The van der Waals surface area contributed by atoms with E-state index >= 15 is 0 Å². The second-order valence-electron chi connectivity index (χ2n) is 6.58. The average molecular weight is 445 g/mol. The molecule has 0 saturated heterocycles. The molecule has 0 fully saturated rings. The first kappa shape index (κ1) is 20.7. The number of ether oxygens (including phenoxy) is 3. The number of nitrogens with one attached hydrogen (secondary N) is 1. The molecule has 0 radical (unpaired) electrons. The van der Waals surface area contributed by atoms with E-state index < -0.39 is 5.69 Å². The summed E-state index contributed by atoms with van der Waals surface area (Å²) in [5.41, 5.74) is 0.821. The zero-order valence-corrected chi connectivity index (χ0v) is 17.7. The third kappa shape index (κ3) is 3.79. The first-order chi connectivity index (χ1) is 14.9. The van der Waals surface area contributed by atoms with Crippen LogP contribution in [0.4, 0.5) is 4.39 Å². The summed E-state index contributed by atoms with van der Waals surface area (Å²) < 4.78 is 31.7. The van der Waals surface area contributed by atoms with Gasteiger partial charge >= 0.3 is 5.69 Å². The molecule has 4 aromatic rings. The summed E-state index contributed by atoms with van der Waals surface area (Å²) in [5, 5.41) is 0.230. The monoisotopic (exact) mass is 444 g/mol. The van der Waals surface area contributed by atoms with Crippen molar-refractivity contribution < 1.29 is 18.6 Å². The number of aromatic amines is 1. The number of halogens is 2. The lowest BCUT2D eigenvalue weighted by atomic mass is 10.2. The van der Waals surface area contributed by atoms with Gasteiger partial charge in [0.2, 0.25) is 5.88 Å². The van der Waals surface area contributed by atoms with Crippen LogP contribution in [0.15, 0.2) is 41.2 Å². The minimum atomic E-state index is -0.486. The Hall–Kier alpha value is -3.59. The van der Waals surface area contributed by atoms with Crippen LogP contribution in [0, 0.1) is 12.7 Å². The molecule has 31 heavy (non-hydrogen) atoms. The van der Waals surface area contributed by atoms with Crippen molar-refractivity contribution in [2.45, 2.75) is 13.5 Å². The Labute approximate surface area is 181 Å². The van der Waals surface area contributed by atoms with Crippen LogP contribution < -0.4 is 19.9 Å². The van der Waals surface area contributed by atoms with Gasteiger partial charge in [-0.2, -0.15) is 4.98 Å². The number of nitrogens with zero attached hydrogens (tertiary/aromatic N) is 3. The Morgan fingerprint density at radius 3 is 2.61 bits per heavy atom. The van der Waals surface area contributed by atoms with E-state index in [4.69, 9.17) is 25.8 Å². The molecule has 10 heteroatoms. The molecule has 2 heterocycles. The molecule has 0 saturated carbocycles. The standard InChI is InChI=1S/C21H18ClFN4O4/c1-11-24-19-18(20(25-11)30-3)26-21(28)27(19)15-9-17(16(29-2)8-13(15)22)31-10-12-6-4-5-7-14(12)23/h4-9H,10H2,1-3H3,(H,26,28). The van der Waals surface area contributed by atoms with E-state index in [9.17, 15) is 9.18 Å². The fourth-order valence-corrected chi connectivity index (χ4v) is 3.41. The van der Waals surface area contributed by atoms with Crippen molar-refractivity contribution in [2.75, 3.05) is 14.2 Å². The van der Waals surface area contributed by atoms with E-state index in [-0.39, 0.29) is 29.1 Å². The predicted octanol–water partition coefficient (Wildman–Crippen LogP) is 3.81. The molecule has 4 rings (SSSR count). The van der Waals surface area contributed by atoms with Crippen LogP contribution in [-0.2, 0) is 6.61 Å². The lowest BCUT2D eigenvalue weighted by Gasteiger charge is -2.14. The van der Waals surface area contributed by atoms with Crippen LogP contribution in [0.25, 0.3) is 16.9 Å². The number of hydrogen-bond acceptors (Lipinski definition) is 6. The molecule has 0 bridgehead atoms. The van der Waals surface area contributed by atoms with Gasteiger partial charge in [0.1, 0.15) is 23.8 Å². The van der Waals surface area contributed by atoms with Crippen LogP contribution in [0.3, 0.4) is 0 Å². The number of H-pyrrole nitrogens is 1. The van der Waals surface area contributed by atoms with Gasteiger partial charge in [0.15, 0.2) is 17.1 Å². The van der Waals surface area contributed by atoms with Crippen molar-refractivity contribution >= 4 is 22.8 Å². The summed E-state index contributed by atoms with van der Waals surface area (Å²) in [6.45, 7) is 1.64. The highest BCUT2D eigenvalue weighted by Gasteiger charge is 2.20. The fourth-order valence-electron chi connectivity index (χ4n) is 3.17. The smallest absolute Gasteiger partial charge is 0.332 e. The Kier molecular flexibility index (Phi) is 5.51. The molecular formula is C21H18ClFN4O4. The molecule has 0 spiro atoms. The molecule has 2 aromatic heterocycles. The molecule has 1 N–H and O–H groups in total. The number of hydrogen-bond donors (Lipinski definition) is 1. The van der Waals surface area contributed by atoms with E-state index in [0.29, 0.717) is 34.0 Å². The first-order valence-electron chi connectivity index (χ1n) is 9.20. The van der Waals surface area contributed by atoms with Gasteiger partial charge in [0, 0.05) is 17.7 Å². The molecule has 0 unspecified atom stereocenters. The van der Waals surface area contributed by atoms with Crippen molar-refractivity contribution in [1.29, 1.82) is 0 Å². The van der Waals surface area contributed by atoms with E-state index in [0.717, 1.165) is 0 Å². The summed E-state index contributed by atoms with van der Waals surface area (Å²) in [6, 6.07) is 9.35. The predicted molar refractivity (Wildman–Crippen MR) is 113 cm³/mol. The highest BCUT2D eigenvalue weighted by molar-refractivity contribution is 6.32. The van der Waals surface area contributed by atoms with Crippen molar-refractivity contribution in [1.82, 2.24) is 19.5 Å². The quantitative estimate of drug-likeness (QED) is 0.486. The van der Waals surface area contributed by atoms with Crippen LogP contribution >= 0.6 is 11.6 Å². The normalized spacial score (nSPS) is 11.0. The van der Waals surface area contributed by atoms with Gasteiger partial charge in [-0.05, 0) is 13.0 Å². The highest BCUT2D eigenvalue weighted by atomic mass is 35.5. The maximum absolute atomic E-state index is 14.0. The largest absolute Gasteiger partial charge is 0.493 e. The van der Waals surface area contributed by atoms with Gasteiger partial charge in [-0.3, -0.25) is 4.98 Å². The van der Waals surface area contributed by atoms with Crippen LogP contribution in [0.1, 0.15) is 11.4 Å². The van der Waals surface area contributed by atoms with E-state index in [1.807, 2.05) is 0 Å². The minimum absolute atomic E-state index is 0.0397. The Bertz CT molecular complexity index is 1340. The van der Waals surface area contributed by atoms with Crippen LogP contribution in [-0.4, -0.2) is 33.7 Å². The van der Waals surface area contributed by atoms with Gasteiger partial charge in [0.05, 0.1) is 24.9 Å². The number of aryl methyl sites for hydroxylation is 1. The molecule has 0 atom stereocenters. The lowest BCUT2D eigenvalue weighted by molar-refractivity contribution is 0.279. The van der Waals surface area contributed by atoms with Gasteiger partial charge < -0.3 is 14.2 Å². The van der Waals surface area contributed by atoms with Gasteiger partial charge in [-0.1, -0.05) is 29.8 Å². The highest BCUT2D eigenvalue weighted by Crippen LogP contribution is 2.36. The zero-order valence-electron chi connectivity index (χ0n) is 16.9. The minimum Gasteiger partial charge on any atom is -0.493 e. The summed E-state index contributed by atoms with van der Waals surface area (Å²) in [4.78, 5) is 24.0. The van der Waals surface area contributed by atoms with E-state index in [1.54, 1.807) is 31.2 Å². The third-order valence-corrected chi connectivity index (χ3v) is 4.93. The Morgan fingerprint density at radius 1 is 1.13 bits per heavy atom. The van der Waals surface area contributed by atoms with Crippen molar-refractivity contribution in [3.63, 3.8) is 0 Å². The van der Waals surface area contributed by atoms with E-state index in [1.165, 1.54) is 30.9 Å². The molecule has 160 valence electrons. The van der Waals surface area contributed by atoms with Crippen molar-refractivity contribution in [2.24, 2.45) is 0 Å². The second kappa shape index (κ2) is 8.27. The SMILES string of the molecule is COc1cc(Cl)c(-n2c(=O)[nH]c3c(OC)nc(C)nc32)cc1OCc1ccccc1F. The number of rotatable bonds is 6. The maximum atomic E-state index is 14.0. The summed E-state index contributed by atoms with van der Waals surface area (Å²) in [7, 11) is 2.91. The fraction of sp³-hybridized carbons (Fsp3) is 0.190. The summed E-state index contributed by atoms with van der Waals surface area (Å²) in [6.07, 6.45) is 0. The lowest BCUT2D eigenvalue weighted by Crippen LogP contribution is -2.16. The molecule has 0 aliphatic rings. The van der Waals surface area contributed by atoms with Crippen LogP contribution in [0.2, 0.25) is 5.02 Å². The van der Waals surface area contributed by atoms with Gasteiger partial charge in [0.25, 0.3) is 0 Å². The molecule has 0 amide bonds. The molecule has 0 aliphatic heterocycles. The van der Waals surface area contributed by atoms with Crippen molar-refractivity contribution in [3.05, 3.63) is 69.1 Å². The Balaban J connectivity index is 1.84. The maximum Gasteiger partial charge on any atom is 0.332 e. The molecule has 0 aliphatic carbocycles. The first-order valence-corrected chi connectivity index (χ1v) is 9.58.